The van der Waals surface area contributed by atoms with Gasteiger partial charge in [0.1, 0.15) is 0 Å². The van der Waals surface area contributed by atoms with E-state index >= 15 is 0 Å². The van der Waals surface area contributed by atoms with Crippen LogP contribution in [0, 0.1) is 25.7 Å². The van der Waals surface area contributed by atoms with Crippen LogP contribution in [0.3, 0.4) is 0 Å². The number of aryl methyl sites for hydroxylation is 3. The van der Waals surface area contributed by atoms with Crippen LogP contribution in [0.5, 0.6) is 0 Å². The smallest absolute Gasteiger partial charge is 0.0154 e. The van der Waals surface area contributed by atoms with E-state index in [0.29, 0.717) is 0 Å². The van der Waals surface area contributed by atoms with Gasteiger partial charge in [-0.05, 0) is 71.9 Å². The van der Waals surface area contributed by atoms with E-state index in [1.807, 2.05) is 0 Å². The fourth-order valence-electron chi connectivity index (χ4n) is 4.75. The van der Waals surface area contributed by atoms with Gasteiger partial charge in [0.25, 0.3) is 0 Å². The predicted octanol–water partition coefficient (Wildman–Crippen LogP) is 8.40. The highest BCUT2D eigenvalue weighted by atomic mass is 14.2. The summed E-state index contributed by atoms with van der Waals surface area (Å²) in [7, 11) is 0. The minimum atomic E-state index is 0.947. The van der Waals surface area contributed by atoms with E-state index in [-0.39, 0.29) is 0 Å². The van der Waals surface area contributed by atoms with E-state index in [1.54, 1.807) is 0 Å². The van der Waals surface area contributed by atoms with Crippen molar-refractivity contribution in [2.24, 2.45) is 11.8 Å². The van der Waals surface area contributed by atoms with Crippen LogP contribution in [0.15, 0.2) is 66.7 Å². The highest BCUT2D eigenvalue weighted by molar-refractivity contribution is 5.73. The van der Waals surface area contributed by atoms with Crippen molar-refractivity contribution >= 4 is 0 Å². The second-order valence-electron chi connectivity index (χ2n) is 9.26. The van der Waals surface area contributed by atoms with Crippen LogP contribution in [0.1, 0.15) is 55.7 Å². The lowest BCUT2D eigenvalue weighted by Gasteiger charge is -2.26. The van der Waals surface area contributed by atoms with E-state index in [9.17, 15) is 0 Å². The van der Waals surface area contributed by atoms with Crippen molar-refractivity contribution < 1.29 is 0 Å². The molecule has 3 aromatic carbocycles. The van der Waals surface area contributed by atoms with E-state index in [2.05, 4.69) is 87.5 Å². The molecule has 3 aromatic rings. The van der Waals surface area contributed by atoms with Gasteiger partial charge < -0.3 is 0 Å². The molecule has 0 nitrogen and oxygen atoms in total. The maximum Gasteiger partial charge on any atom is -0.0154 e. The summed E-state index contributed by atoms with van der Waals surface area (Å²) in [5, 5.41) is 0. The molecule has 0 bridgehead atoms. The summed E-state index contributed by atoms with van der Waals surface area (Å²) in [4.78, 5) is 0. The van der Waals surface area contributed by atoms with Gasteiger partial charge in [-0.15, -0.1) is 0 Å². The van der Waals surface area contributed by atoms with E-state index in [1.165, 1.54) is 77.5 Å². The summed E-state index contributed by atoms with van der Waals surface area (Å²) in [6, 6.07) is 25.0. The summed E-state index contributed by atoms with van der Waals surface area (Å²) < 4.78 is 0. The zero-order chi connectivity index (χ0) is 20.2. The zero-order valence-corrected chi connectivity index (χ0v) is 18.2. The zero-order valence-electron chi connectivity index (χ0n) is 18.2. The SMILES string of the molecule is Cc1ccc(-c2ccc(-c3ccc(CCC4CCC(C)CC4)cc3)c(C)c2)cc1. The predicted molar refractivity (Wildman–Crippen MR) is 126 cm³/mol. The highest BCUT2D eigenvalue weighted by Gasteiger charge is 2.17. The van der Waals surface area contributed by atoms with Crippen molar-refractivity contribution in [2.75, 3.05) is 0 Å². The average Bonchev–Trinajstić information content (AvgIpc) is 2.74. The van der Waals surface area contributed by atoms with Crippen LogP contribution in [-0.4, -0.2) is 0 Å². The maximum atomic E-state index is 2.41. The molecule has 0 heterocycles. The van der Waals surface area contributed by atoms with Gasteiger partial charge in [0.2, 0.25) is 0 Å². The molecule has 0 spiro atoms. The van der Waals surface area contributed by atoms with Gasteiger partial charge in [-0.3, -0.25) is 0 Å². The molecular formula is C29H34. The lowest BCUT2D eigenvalue weighted by Crippen LogP contribution is -2.12. The van der Waals surface area contributed by atoms with Crippen LogP contribution in [0.25, 0.3) is 22.3 Å². The maximum absolute atomic E-state index is 2.41. The fraction of sp³-hybridized carbons (Fsp3) is 0.379. The summed E-state index contributed by atoms with van der Waals surface area (Å²) in [6.45, 7) is 6.77. The Balaban J connectivity index is 1.42. The van der Waals surface area contributed by atoms with Crippen LogP contribution < -0.4 is 0 Å². The van der Waals surface area contributed by atoms with Crippen molar-refractivity contribution in [3.05, 3.63) is 83.4 Å². The average molecular weight is 383 g/mol. The molecule has 150 valence electrons. The summed E-state index contributed by atoms with van der Waals surface area (Å²) >= 11 is 0. The van der Waals surface area contributed by atoms with Crippen LogP contribution in [0.4, 0.5) is 0 Å². The number of benzene rings is 3. The summed E-state index contributed by atoms with van der Waals surface area (Å²) in [5.74, 6) is 1.90. The van der Waals surface area contributed by atoms with E-state index < -0.39 is 0 Å². The third-order valence-corrected chi connectivity index (χ3v) is 6.85. The molecule has 0 unspecified atom stereocenters. The van der Waals surface area contributed by atoms with Crippen LogP contribution in [0.2, 0.25) is 0 Å². The van der Waals surface area contributed by atoms with Gasteiger partial charge in [-0.2, -0.15) is 0 Å². The standard InChI is InChI=1S/C29H34/c1-21-4-8-24(9-5-21)10-11-25-12-16-27(17-13-25)29-19-18-28(20-23(29)3)26-14-6-22(2)7-15-26/h6-7,12-21,24H,4-5,8-11H2,1-3H3. The van der Waals surface area contributed by atoms with Crippen molar-refractivity contribution in [1.29, 1.82) is 0 Å². The first-order valence-corrected chi connectivity index (χ1v) is 11.4. The molecule has 0 aliphatic heterocycles. The Morgan fingerprint density at radius 1 is 0.690 bits per heavy atom. The third-order valence-electron chi connectivity index (χ3n) is 6.85. The minimum absolute atomic E-state index is 0.947. The van der Waals surface area contributed by atoms with Gasteiger partial charge in [0.15, 0.2) is 0 Å². The Labute approximate surface area is 177 Å². The molecule has 0 atom stereocenters. The van der Waals surface area contributed by atoms with Gasteiger partial charge in [-0.25, -0.2) is 0 Å². The van der Waals surface area contributed by atoms with Crippen LogP contribution >= 0.6 is 0 Å². The van der Waals surface area contributed by atoms with Crippen LogP contribution in [-0.2, 0) is 6.42 Å². The van der Waals surface area contributed by atoms with Crippen molar-refractivity contribution in [3.63, 3.8) is 0 Å². The fourth-order valence-corrected chi connectivity index (χ4v) is 4.75. The quantitative estimate of drug-likeness (QED) is 0.415. The molecule has 29 heavy (non-hydrogen) atoms. The molecule has 1 aliphatic carbocycles. The highest BCUT2D eigenvalue weighted by Crippen LogP contribution is 2.32. The van der Waals surface area contributed by atoms with Gasteiger partial charge in [0, 0.05) is 0 Å². The van der Waals surface area contributed by atoms with Gasteiger partial charge >= 0.3 is 0 Å². The molecule has 0 amide bonds. The second-order valence-corrected chi connectivity index (χ2v) is 9.26. The summed E-state index contributed by atoms with van der Waals surface area (Å²) in [6.07, 6.45) is 8.32. The van der Waals surface area contributed by atoms with E-state index in [0.717, 1.165) is 11.8 Å². The Kier molecular flexibility index (Phi) is 6.19. The molecule has 0 heteroatoms. The number of hydrogen-bond donors (Lipinski definition) is 0. The molecule has 0 aromatic heterocycles. The largest absolute Gasteiger partial charge is 0.0625 e. The lowest BCUT2D eigenvalue weighted by molar-refractivity contribution is 0.278. The first kappa shape index (κ1) is 20.0. The Morgan fingerprint density at radius 2 is 1.31 bits per heavy atom. The Bertz CT molecular complexity index is 923. The summed E-state index contributed by atoms with van der Waals surface area (Å²) in [5.41, 5.74) is 9.39. The molecule has 1 saturated carbocycles. The van der Waals surface area contributed by atoms with E-state index in [4.69, 9.17) is 0 Å². The monoisotopic (exact) mass is 382 g/mol. The Morgan fingerprint density at radius 3 is 1.97 bits per heavy atom. The van der Waals surface area contributed by atoms with Gasteiger partial charge in [-0.1, -0.05) is 105 Å². The molecule has 1 aliphatic rings. The molecular weight excluding hydrogens is 348 g/mol. The molecule has 1 fully saturated rings. The van der Waals surface area contributed by atoms with Gasteiger partial charge in [0.05, 0.1) is 0 Å². The molecule has 4 rings (SSSR count). The van der Waals surface area contributed by atoms with Crippen molar-refractivity contribution in [1.82, 2.24) is 0 Å². The molecule has 0 radical (unpaired) electrons. The first-order chi connectivity index (χ1) is 14.1. The third kappa shape index (κ3) is 4.99. The second kappa shape index (κ2) is 8.99. The minimum Gasteiger partial charge on any atom is -0.0625 e. The van der Waals surface area contributed by atoms with Crippen molar-refractivity contribution in [2.45, 2.75) is 59.3 Å². The lowest BCUT2D eigenvalue weighted by atomic mass is 9.80. The molecule has 0 saturated heterocycles. The normalized spacial score (nSPS) is 19.3. The molecule has 0 N–H and O–H groups in total. The topological polar surface area (TPSA) is 0 Å². The van der Waals surface area contributed by atoms with Crippen molar-refractivity contribution in [3.8, 4) is 22.3 Å². The number of rotatable bonds is 5. The first-order valence-electron chi connectivity index (χ1n) is 11.4. The number of hydrogen-bond acceptors (Lipinski definition) is 0. The Hall–Kier alpha value is -2.34.